The minimum Gasteiger partial charge on any atom is -0.462 e. The molecule has 0 fully saturated rings. The second-order valence-corrected chi connectivity index (χ2v) is 5.96. The third-order valence-corrected chi connectivity index (χ3v) is 3.78. The number of anilines is 1. The Morgan fingerprint density at radius 1 is 1.17 bits per heavy atom. The van der Waals surface area contributed by atoms with Crippen LogP contribution in [-0.2, 0) is 11.3 Å². The number of hydrogen-bond acceptors (Lipinski definition) is 3. The first-order valence-electron chi connectivity index (χ1n) is 7.87. The molecule has 126 valence electrons. The average molecular weight is 342 g/mol. The van der Waals surface area contributed by atoms with E-state index >= 15 is 0 Å². The van der Waals surface area contributed by atoms with Gasteiger partial charge in [-0.1, -0.05) is 35.9 Å². The van der Waals surface area contributed by atoms with Crippen LogP contribution in [-0.4, -0.2) is 17.7 Å². The monoisotopic (exact) mass is 342 g/mol. The van der Waals surface area contributed by atoms with Crippen molar-refractivity contribution in [2.24, 2.45) is 0 Å². The summed E-state index contributed by atoms with van der Waals surface area (Å²) < 4.78 is 5.03. The summed E-state index contributed by atoms with van der Waals surface area (Å²) in [7, 11) is 0. The molecular weight excluding hydrogens is 320 g/mol. The van der Waals surface area contributed by atoms with Crippen LogP contribution in [0.3, 0.4) is 0 Å². The molecule has 24 heavy (non-hydrogen) atoms. The molecule has 0 aliphatic rings. The molecule has 0 atom stereocenters. The molecule has 0 radical (unpaired) electrons. The largest absolute Gasteiger partial charge is 0.462 e. The molecule has 0 bridgehead atoms. The van der Waals surface area contributed by atoms with Gasteiger partial charge in [-0.05, 0) is 56.2 Å². The number of rotatable bonds is 5. The molecule has 2 aromatic rings. The van der Waals surface area contributed by atoms with E-state index in [9.17, 15) is 4.79 Å². The Morgan fingerprint density at radius 3 is 2.67 bits per heavy atom. The number of esters is 1. The van der Waals surface area contributed by atoms with E-state index in [2.05, 4.69) is 35.8 Å². The number of aryl methyl sites for hydroxylation is 2. The maximum Gasteiger partial charge on any atom is 0.338 e. The summed E-state index contributed by atoms with van der Waals surface area (Å²) in [5.74, 6) is -0.334. The lowest BCUT2D eigenvalue weighted by atomic mass is 10.1. The van der Waals surface area contributed by atoms with Gasteiger partial charge in [0.2, 0.25) is 0 Å². The van der Waals surface area contributed by atoms with Gasteiger partial charge < -0.3 is 15.4 Å². The highest BCUT2D eigenvalue weighted by molar-refractivity contribution is 7.80. The van der Waals surface area contributed by atoms with E-state index in [1.807, 2.05) is 19.1 Å². The van der Waals surface area contributed by atoms with Crippen LogP contribution in [0.15, 0.2) is 42.5 Å². The van der Waals surface area contributed by atoms with Crippen LogP contribution in [0.25, 0.3) is 0 Å². The summed E-state index contributed by atoms with van der Waals surface area (Å²) in [5, 5.41) is 6.84. The van der Waals surface area contributed by atoms with Crippen LogP contribution in [0.2, 0.25) is 0 Å². The van der Waals surface area contributed by atoms with E-state index in [1.54, 1.807) is 19.1 Å². The number of carbonyl (C=O) groups is 1. The molecule has 2 rings (SSSR count). The zero-order valence-corrected chi connectivity index (χ0v) is 15.0. The first-order chi connectivity index (χ1) is 11.5. The molecular formula is C19H22N2O2S. The van der Waals surface area contributed by atoms with Crippen molar-refractivity contribution in [3.05, 3.63) is 64.7 Å². The van der Waals surface area contributed by atoms with E-state index in [4.69, 9.17) is 17.0 Å². The Morgan fingerprint density at radius 2 is 1.96 bits per heavy atom. The van der Waals surface area contributed by atoms with Crippen LogP contribution in [0, 0.1) is 13.8 Å². The average Bonchev–Trinajstić information content (AvgIpc) is 2.55. The van der Waals surface area contributed by atoms with E-state index < -0.39 is 0 Å². The summed E-state index contributed by atoms with van der Waals surface area (Å²) in [6.07, 6.45) is 0. The quantitative estimate of drug-likeness (QED) is 0.636. The van der Waals surface area contributed by atoms with Crippen LogP contribution in [0.1, 0.15) is 34.0 Å². The SMILES string of the molecule is CCOC(=O)c1ccc(C)c(NC(=S)NCc2cccc(C)c2)c1. The summed E-state index contributed by atoms with van der Waals surface area (Å²) in [4.78, 5) is 11.8. The molecule has 2 aromatic carbocycles. The number of carbonyl (C=O) groups excluding carboxylic acids is 1. The van der Waals surface area contributed by atoms with Crippen molar-refractivity contribution < 1.29 is 9.53 Å². The first-order valence-corrected chi connectivity index (χ1v) is 8.28. The lowest BCUT2D eigenvalue weighted by Crippen LogP contribution is -2.28. The van der Waals surface area contributed by atoms with Crippen molar-refractivity contribution in [1.82, 2.24) is 5.32 Å². The van der Waals surface area contributed by atoms with Crippen molar-refractivity contribution in [1.29, 1.82) is 0 Å². The Balaban J connectivity index is 2.00. The molecule has 0 heterocycles. The minimum atomic E-state index is -0.334. The maximum absolute atomic E-state index is 11.8. The van der Waals surface area contributed by atoms with Crippen LogP contribution >= 0.6 is 12.2 Å². The first kappa shape index (κ1) is 17.9. The summed E-state index contributed by atoms with van der Waals surface area (Å²) in [6.45, 7) is 6.80. The molecule has 0 amide bonds. The van der Waals surface area contributed by atoms with Gasteiger partial charge in [-0.15, -0.1) is 0 Å². The smallest absolute Gasteiger partial charge is 0.338 e. The van der Waals surface area contributed by atoms with Crippen molar-refractivity contribution >= 4 is 29.0 Å². The standard InChI is InChI=1S/C19H22N2O2S/c1-4-23-18(22)16-9-8-14(3)17(11-16)21-19(24)20-12-15-7-5-6-13(2)10-15/h5-11H,4,12H2,1-3H3,(H2,20,21,24). The van der Waals surface area contributed by atoms with Gasteiger partial charge in [0.05, 0.1) is 12.2 Å². The number of hydrogen-bond donors (Lipinski definition) is 2. The molecule has 0 aliphatic heterocycles. The number of thiocarbonyl (C=S) groups is 1. The molecule has 0 saturated heterocycles. The molecule has 5 heteroatoms. The van der Waals surface area contributed by atoms with Gasteiger partial charge in [-0.2, -0.15) is 0 Å². The number of ether oxygens (including phenoxy) is 1. The van der Waals surface area contributed by atoms with Gasteiger partial charge in [0.15, 0.2) is 5.11 Å². The lowest BCUT2D eigenvalue weighted by Gasteiger charge is -2.14. The Hall–Kier alpha value is -2.40. The van der Waals surface area contributed by atoms with Crippen LogP contribution in [0.5, 0.6) is 0 Å². The zero-order valence-electron chi connectivity index (χ0n) is 14.2. The maximum atomic E-state index is 11.8. The van der Waals surface area contributed by atoms with Gasteiger partial charge in [0, 0.05) is 12.2 Å². The van der Waals surface area contributed by atoms with E-state index in [0.29, 0.717) is 23.8 Å². The fourth-order valence-electron chi connectivity index (χ4n) is 2.27. The number of nitrogens with one attached hydrogen (secondary N) is 2. The number of benzene rings is 2. The van der Waals surface area contributed by atoms with E-state index in [1.165, 1.54) is 5.56 Å². The lowest BCUT2D eigenvalue weighted by molar-refractivity contribution is 0.0526. The van der Waals surface area contributed by atoms with Gasteiger partial charge in [0.1, 0.15) is 0 Å². The highest BCUT2D eigenvalue weighted by Crippen LogP contribution is 2.17. The van der Waals surface area contributed by atoms with Crippen LogP contribution < -0.4 is 10.6 Å². The zero-order chi connectivity index (χ0) is 17.5. The summed E-state index contributed by atoms with van der Waals surface area (Å²) in [5.41, 5.74) is 4.68. The molecule has 0 aliphatic carbocycles. The third kappa shape index (κ3) is 5.06. The fourth-order valence-corrected chi connectivity index (χ4v) is 2.45. The highest BCUT2D eigenvalue weighted by Gasteiger charge is 2.09. The second kappa shape index (κ2) is 8.45. The van der Waals surface area contributed by atoms with Gasteiger partial charge in [-0.3, -0.25) is 0 Å². The molecule has 2 N–H and O–H groups in total. The Labute approximate surface area is 148 Å². The van der Waals surface area contributed by atoms with Gasteiger partial charge >= 0.3 is 5.97 Å². The highest BCUT2D eigenvalue weighted by atomic mass is 32.1. The summed E-state index contributed by atoms with van der Waals surface area (Å²) >= 11 is 5.35. The van der Waals surface area contributed by atoms with E-state index in [-0.39, 0.29) is 5.97 Å². The molecule has 4 nitrogen and oxygen atoms in total. The Bertz CT molecular complexity index is 744. The fraction of sp³-hybridized carbons (Fsp3) is 0.263. The minimum absolute atomic E-state index is 0.334. The van der Waals surface area contributed by atoms with E-state index in [0.717, 1.165) is 16.8 Å². The topological polar surface area (TPSA) is 50.4 Å². The third-order valence-electron chi connectivity index (χ3n) is 3.53. The van der Waals surface area contributed by atoms with Crippen molar-refractivity contribution in [3.8, 4) is 0 Å². The van der Waals surface area contributed by atoms with Crippen molar-refractivity contribution in [2.75, 3.05) is 11.9 Å². The molecule has 0 aromatic heterocycles. The van der Waals surface area contributed by atoms with Gasteiger partial charge in [-0.25, -0.2) is 4.79 Å². The molecule has 0 unspecified atom stereocenters. The van der Waals surface area contributed by atoms with Gasteiger partial charge in [0.25, 0.3) is 0 Å². The summed E-state index contributed by atoms with van der Waals surface area (Å²) in [6, 6.07) is 13.6. The normalized spacial score (nSPS) is 10.1. The predicted octanol–water partition coefficient (Wildman–Crippen LogP) is 3.97. The Kier molecular flexibility index (Phi) is 6.32. The second-order valence-electron chi connectivity index (χ2n) is 5.55. The molecule has 0 saturated carbocycles. The van der Waals surface area contributed by atoms with Crippen LogP contribution in [0.4, 0.5) is 5.69 Å². The predicted molar refractivity (Wildman–Crippen MR) is 101 cm³/mol. The molecule has 0 spiro atoms. The van der Waals surface area contributed by atoms with Crippen molar-refractivity contribution in [3.63, 3.8) is 0 Å². The van der Waals surface area contributed by atoms with Crippen molar-refractivity contribution in [2.45, 2.75) is 27.3 Å².